The molecular formula is C61H53BN2OS. The number of nitrogens with one attached hydrogen (secondary N) is 1. The third-order valence-electron chi connectivity index (χ3n) is 15.3. The highest BCUT2D eigenvalue weighted by Crippen LogP contribution is 2.52. The van der Waals surface area contributed by atoms with Crippen molar-refractivity contribution < 1.29 is 4.74 Å². The van der Waals surface area contributed by atoms with Crippen molar-refractivity contribution in [1.29, 1.82) is 0 Å². The zero-order chi connectivity index (χ0) is 45.0. The van der Waals surface area contributed by atoms with Crippen LogP contribution in [0.15, 0.2) is 146 Å². The first-order valence-corrected chi connectivity index (χ1v) is 24.5. The summed E-state index contributed by atoms with van der Waals surface area (Å²) in [5.74, 6) is 1.01. The van der Waals surface area contributed by atoms with E-state index in [1.165, 1.54) is 114 Å². The Morgan fingerprint density at radius 1 is 0.621 bits per heavy atom. The first-order valence-electron chi connectivity index (χ1n) is 23.7. The molecule has 3 aliphatic rings. The normalized spacial score (nSPS) is 15.7. The van der Waals surface area contributed by atoms with E-state index < -0.39 is 0 Å². The Hall–Kier alpha value is -6.56. The number of hydrogen-bond donors (Lipinski definition) is 1. The Morgan fingerprint density at radius 3 is 2.12 bits per heavy atom. The van der Waals surface area contributed by atoms with Gasteiger partial charge in [-0.25, -0.2) is 0 Å². The number of nitrogens with zero attached hydrogens (tertiary/aromatic N) is 1. The second-order valence-electron chi connectivity index (χ2n) is 21.8. The van der Waals surface area contributed by atoms with E-state index in [2.05, 4.69) is 211 Å². The van der Waals surface area contributed by atoms with Crippen molar-refractivity contribution in [3.8, 4) is 33.7 Å². The van der Waals surface area contributed by atoms with Crippen molar-refractivity contribution in [1.82, 2.24) is 4.57 Å². The molecule has 13 rings (SSSR count). The van der Waals surface area contributed by atoms with Crippen molar-refractivity contribution in [3.63, 3.8) is 0 Å². The highest BCUT2D eigenvalue weighted by Gasteiger charge is 2.38. The van der Waals surface area contributed by atoms with Gasteiger partial charge in [0.15, 0.2) is 7.28 Å². The molecule has 0 amide bonds. The Labute approximate surface area is 392 Å². The van der Waals surface area contributed by atoms with Gasteiger partial charge in [0.25, 0.3) is 0 Å². The minimum atomic E-state index is -0.116. The zero-order valence-corrected chi connectivity index (χ0v) is 39.9. The molecular weight excluding hydrogens is 820 g/mol. The molecule has 1 atom stereocenters. The predicted octanol–water partition coefficient (Wildman–Crippen LogP) is 14.8. The molecule has 8 aromatic carbocycles. The lowest BCUT2D eigenvalue weighted by atomic mass is 9.59. The van der Waals surface area contributed by atoms with E-state index in [9.17, 15) is 0 Å². The minimum Gasteiger partial charge on any atom is -0.485 e. The zero-order valence-electron chi connectivity index (χ0n) is 39.1. The lowest BCUT2D eigenvalue weighted by Crippen LogP contribution is -2.37. The van der Waals surface area contributed by atoms with E-state index in [1.807, 2.05) is 11.3 Å². The molecule has 10 aromatic rings. The van der Waals surface area contributed by atoms with Gasteiger partial charge in [-0.05, 0) is 115 Å². The molecule has 0 bridgehead atoms. The Balaban J connectivity index is 1.07. The van der Waals surface area contributed by atoms with E-state index >= 15 is 0 Å². The molecule has 66 heavy (non-hydrogen) atoms. The Morgan fingerprint density at radius 2 is 1.33 bits per heavy atom. The number of thiophene rings is 1. The molecule has 1 aliphatic carbocycles. The number of rotatable bonds is 4. The molecule has 2 aromatic heterocycles. The van der Waals surface area contributed by atoms with E-state index in [4.69, 9.17) is 4.74 Å². The Bertz CT molecular complexity index is 3690. The van der Waals surface area contributed by atoms with E-state index in [0.717, 1.165) is 30.8 Å². The van der Waals surface area contributed by atoms with Crippen molar-refractivity contribution in [2.45, 2.75) is 84.2 Å². The molecule has 1 N–H and O–H groups in total. The molecule has 322 valence electrons. The largest absolute Gasteiger partial charge is 0.485 e. The highest BCUT2D eigenvalue weighted by atomic mass is 32.1. The van der Waals surface area contributed by atoms with Gasteiger partial charge in [0.05, 0.1) is 5.52 Å². The third-order valence-corrected chi connectivity index (χ3v) is 16.4. The lowest BCUT2D eigenvalue weighted by molar-refractivity contribution is 0.239. The second-order valence-corrected chi connectivity index (χ2v) is 22.9. The molecule has 0 radical (unpaired) electrons. The standard InChI is InChI=1S/C61H53BN2OS/c1-59(2,3)36-18-21-38(22-19-36)63-50-33-56-46(40-23-20-37(60(4,5)6)28-55(40)66-56)30-44(50)41-24-25-42-45-29-43-39-16-12-13-17-47(39)61(7,8)48(43)31-51(45)64-52-26-35-27-53(34-14-10-9-11-15-34)65-54(35)32-49(52)62-57(41)58(42)64/h9-26,28-33,53,62-63H,27H2,1-8H3. The van der Waals surface area contributed by atoms with Gasteiger partial charge in [-0.2, -0.15) is 0 Å². The van der Waals surface area contributed by atoms with Gasteiger partial charge in [-0.3, -0.25) is 0 Å². The quantitative estimate of drug-likeness (QED) is 0.178. The number of hydrogen-bond acceptors (Lipinski definition) is 3. The maximum Gasteiger partial charge on any atom is 0.198 e. The summed E-state index contributed by atoms with van der Waals surface area (Å²) >= 11 is 1.90. The first kappa shape index (κ1) is 39.8. The van der Waals surface area contributed by atoms with Crippen LogP contribution in [0.5, 0.6) is 5.75 Å². The van der Waals surface area contributed by atoms with Crippen LogP contribution in [0.3, 0.4) is 0 Å². The molecule has 0 spiro atoms. The Kier molecular flexibility index (Phi) is 8.29. The average Bonchev–Trinajstić information content (AvgIpc) is 4.03. The van der Waals surface area contributed by atoms with Crippen LogP contribution in [0.25, 0.3) is 69.9 Å². The van der Waals surface area contributed by atoms with Crippen molar-refractivity contribution in [2.24, 2.45) is 0 Å². The summed E-state index contributed by atoms with van der Waals surface area (Å²) in [6.45, 7) is 18.6. The molecule has 2 aliphatic heterocycles. The summed E-state index contributed by atoms with van der Waals surface area (Å²) in [6.07, 6.45) is 0.863. The summed E-state index contributed by atoms with van der Waals surface area (Å²) in [4.78, 5) is 0. The maximum absolute atomic E-state index is 6.83. The van der Waals surface area contributed by atoms with Crippen LogP contribution in [-0.4, -0.2) is 11.8 Å². The summed E-state index contributed by atoms with van der Waals surface area (Å²) in [5, 5.41) is 9.22. The van der Waals surface area contributed by atoms with Crippen LogP contribution in [-0.2, 0) is 22.7 Å². The molecule has 4 heterocycles. The van der Waals surface area contributed by atoms with Crippen LogP contribution < -0.4 is 21.0 Å². The van der Waals surface area contributed by atoms with Gasteiger partial charge in [0.1, 0.15) is 11.9 Å². The maximum atomic E-state index is 6.83. The molecule has 0 saturated heterocycles. The summed E-state index contributed by atoms with van der Waals surface area (Å²) in [6, 6.07) is 55.5. The fourth-order valence-corrected chi connectivity index (χ4v) is 12.8. The van der Waals surface area contributed by atoms with Gasteiger partial charge >= 0.3 is 0 Å². The number of aromatic nitrogens is 1. The fraction of sp³-hybridized carbons (Fsp3) is 0.213. The number of benzene rings is 8. The van der Waals surface area contributed by atoms with Crippen LogP contribution >= 0.6 is 11.3 Å². The number of anilines is 2. The van der Waals surface area contributed by atoms with Gasteiger partial charge in [-0.1, -0.05) is 152 Å². The minimum absolute atomic E-state index is 0.00437. The van der Waals surface area contributed by atoms with E-state index in [1.54, 1.807) is 0 Å². The summed E-state index contributed by atoms with van der Waals surface area (Å²) < 4.78 is 12.1. The van der Waals surface area contributed by atoms with Crippen LogP contribution in [0, 0.1) is 0 Å². The molecule has 0 fully saturated rings. The van der Waals surface area contributed by atoms with Gasteiger partial charge in [-0.15, -0.1) is 11.3 Å². The lowest BCUT2D eigenvalue weighted by Gasteiger charge is -2.25. The summed E-state index contributed by atoms with van der Waals surface area (Å²) in [7, 11) is 0.802. The molecule has 3 nitrogen and oxygen atoms in total. The van der Waals surface area contributed by atoms with Crippen LogP contribution in [0.2, 0.25) is 0 Å². The highest BCUT2D eigenvalue weighted by molar-refractivity contribution is 7.25. The van der Waals surface area contributed by atoms with Crippen molar-refractivity contribution in [2.75, 3.05) is 5.32 Å². The summed E-state index contributed by atoms with van der Waals surface area (Å²) in [5.41, 5.74) is 21.9. The van der Waals surface area contributed by atoms with E-state index in [0.29, 0.717) is 0 Å². The van der Waals surface area contributed by atoms with Gasteiger partial charge in [0.2, 0.25) is 0 Å². The average molecular weight is 873 g/mol. The van der Waals surface area contributed by atoms with E-state index in [-0.39, 0.29) is 22.3 Å². The van der Waals surface area contributed by atoms with Crippen molar-refractivity contribution in [3.05, 3.63) is 179 Å². The third kappa shape index (κ3) is 5.88. The first-order chi connectivity index (χ1) is 31.7. The molecule has 5 heteroatoms. The van der Waals surface area contributed by atoms with Crippen LogP contribution in [0.4, 0.5) is 11.4 Å². The predicted molar refractivity (Wildman–Crippen MR) is 284 cm³/mol. The monoisotopic (exact) mass is 872 g/mol. The van der Waals surface area contributed by atoms with Crippen molar-refractivity contribution >= 4 is 82.9 Å². The SMILES string of the molecule is CC(C)(C)c1ccc(Nc2cc3sc4cc(C(C)(C)C)ccc4c3cc2-c2ccc3c4cc5c(cc4n4c3c2Bc2cc3c(cc2-4)CC(c2ccccc2)O3)C(C)(C)c2ccccc2-5)cc1. The topological polar surface area (TPSA) is 26.2 Å². The number of fused-ring (bicyclic) bond motifs is 12. The second kappa shape index (κ2) is 13.7. The molecule has 1 unspecified atom stereocenters. The fourth-order valence-electron chi connectivity index (χ4n) is 11.6. The molecule has 0 saturated carbocycles. The van der Waals surface area contributed by atoms with Crippen LogP contribution in [0.1, 0.15) is 94.9 Å². The van der Waals surface area contributed by atoms with Gasteiger partial charge in [0, 0.05) is 76.5 Å². The smallest absolute Gasteiger partial charge is 0.198 e. The van der Waals surface area contributed by atoms with Gasteiger partial charge < -0.3 is 14.6 Å². The number of ether oxygens (including phenoxy) is 1.